The molecular formula is C27H27ClFN3OS. The molecule has 4 aromatic rings. The zero-order valence-corrected chi connectivity index (χ0v) is 20.9. The van der Waals surface area contributed by atoms with Gasteiger partial charge in [-0.25, -0.2) is 9.37 Å². The summed E-state index contributed by atoms with van der Waals surface area (Å²) in [4.78, 5) is 8.01. The summed E-state index contributed by atoms with van der Waals surface area (Å²) in [6.45, 7) is 4.40. The van der Waals surface area contributed by atoms with E-state index >= 15 is 4.39 Å². The van der Waals surface area contributed by atoms with Gasteiger partial charge in [0.1, 0.15) is 11.5 Å². The summed E-state index contributed by atoms with van der Waals surface area (Å²) in [5.74, 6) is 0.539. The van der Waals surface area contributed by atoms with Gasteiger partial charge < -0.3 is 14.0 Å². The molecule has 1 aliphatic rings. The minimum Gasteiger partial charge on any atom is -0.375 e. The maximum absolute atomic E-state index is 15.6. The van der Waals surface area contributed by atoms with Gasteiger partial charge in [0.05, 0.1) is 24.1 Å². The van der Waals surface area contributed by atoms with Crippen LogP contribution in [0.5, 0.6) is 0 Å². The van der Waals surface area contributed by atoms with Crippen LogP contribution < -0.4 is 0 Å². The monoisotopic (exact) mass is 495 g/mol. The van der Waals surface area contributed by atoms with Gasteiger partial charge in [-0.2, -0.15) is 0 Å². The second-order valence-corrected chi connectivity index (χ2v) is 10.3. The summed E-state index contributed by atoms with van der Waals surface area (Å²) in [5.41, 5.74) is 4.94. The Morgan fingerprint density at radius 3 is 2.76 bits per heavy atom. The maximum atomic E-state index is 15.6. The number of aryl methyl sites for hydroxylation is 1. The van der Waals surface area contributed by atoms with E-state index in [0.29, 0.717) is 35.0 Å². The number of fused-ring (bicyclic) bond motifs is 1. The molecule has 1 fully saturated rings. The molecule has 0 N–H and O–H groups in total. The van der Waals surface area contributed by atoms with E-state index in [4.69, 9.17) is 21.3 Å². The lowest BCUT2D eigenvalue weighted by Gasteiger charge is -2.30. The predicted octanol–water partition coefficient (Wildman–Crippen LogP) is 6.27. The summed E-state index contributed by atoms with van der Waals surface area (Å²) in [6, 6.07) is 17.6. The standard InChI is InChI=1S/C27H27ClFN3OS/c1-18-12-22(34-17-19-6-4-3-5-7-19)15-23(29)26(18)27-24(14-21-16-31(2)10-11-33-21)32-9-8-20(28)13-25(32)30-27/h3-9,12-13,15,21H,10-11,14,16-17H2,1-2H3. The normalized spacial score (nSPS) is 16.9. The van der Waals surface area contributed by atoms with Crippen molar-refractivity contribution in [3.63, 3.8) is 0 Å². The van der Waals surface area contributed by atoms with Crippen molar-refractivity contribution >= 4 is 29.0 Å². The number of hydrogen-bond donors (Lipinski definition) is 0. The van der Waals surface area contributed by atoms with Crippen molar-refractivity contribution in [3.05, 3.63) is 88.5 Å². The van der Waals surface area contributed by atoms with E-state index in [0.717, 1.165) is 35.0 Å². The van der Waals surface area contributed by atoms with Crippen LogP contribution in [-0.4, -0.2) is 47.1 Å². The van der Waals surface area contributed by atoms with Crippen LogP contribution in [-0.2, 0) is 16.9 Å². The fourth-order valence-corrected chi connectivity index (χ4v) is 5.64. The van der Waals surface area contributed by atoms with Crippen molar-refractivity contribution in [1.29, 1.82) is 0 Å². The highest BCUT2D eigenvalue weighted by atomic mass is 35.5. The van der Waals surface area contributed by atoms with Crippen LogP contribution in [0.15, 0.2) is 65.7 Å². The molecule has 5 rings (SSSR count). The minimum atomic E-state index is -0.256. The molecule has 0 radical (unpaired) electrons. The zero-order valence-electron chi connectivity index (χ0n) is 19.3. The van der Waals surface area contributed by atoms with Crippen LogP contribution in [0.2, 0.25) is 5.02 Å². The average Bonchev–Trinajstić information content (AvgIpc) is 3.14. The van der Waals surface area contributed by atoms with Crippen LogP contribution >= 0.6 is 23.4 Å². The van der Waals surface area contributed by atoms with Crippen LogP contribution in [0.1, 0.15) is 16.8 Å². The summed E-state index contributed by atoms with van der Waals surface area (Å²) in [7, 11) is 2.10. The van der Waals surface area contributed by atoms with Crippen LogP contribution in [0.4, 0.5) is 4.39 Å². The Morgan fingerprint density at radius 1 is 1.18 bits per heavy atom. The molecule has 34 heavy (non-hydrogen) atoms. The Kier molecular flexibility index (Phi) is 6.93. The number of pyridine rings is 1. The van der Waals surface area contributed by atoms with E-state index < -0.39 is 0 Å². The Balaban J connectivity index is 1.51. The fraction of sp³-hybridized carbons (Fsp3) is 0.296. The quantitative estimate of drug-likeness (QED) is 0.295. The molecule has 2 aromatic carbocycles. The van der Waals surface area contributed by atoms with Crippen molar-refractivity contribution < 1.29 is 9.13 Å². The molecule has 1 saturated heterocycles. The number of nitrogens with zero attached hydrogens (tertiary/aromatic N) is 3. The minimum absolute atomic E-state index is 0.0251. The van der Waals surface area contributed by atoms with Gasteiger partial charge in [0.25, 0.3) is 0 Å². The lowest BCUT2D eigenvalue weighted by Crippen LogP contribution is -2.41. The third kappa shape index (κ3) is 5.01. The maximum Gasteiger partial charge on any atom is 0.139 e. The smallest absolute Gasteiger partial charge is 0.139 e. The van der Waals surface area contributed by atoms with Crippen molar-refractivity contribution in [2.45, 2.75) is 30.1 Å². The first-order valence-corrected chi connectivity index (χ1v) is 12.8. The van der Waals surface area contributed by atoms with Crippen molar-refractivity contribution in [1.82, 2.24) is 14.3 Å². The van der Waals surface area contributed by atoms with E-state index in [2.05, 4.69) is 30.1 Å². The van der Waals surface area contributed by atoms with Crippen LogP contribution in [0, 0.1) is 12.7 Å². The molecule has 0 aliphatic carbocycles. The van der Waals surface area contributed by atoms with E-state index in [-0.39, 0.29) is 11.9 Å². The van der Waals surface area contributed by atoms with E-state index in [1.807, 2.05) is 47.9 Å². The molecule has 1 atom stereocenters. The molecule has 0 bridgehead atoms. The molecule has 4 nitrogen and oxygen atoms in total. The van der Waals surface area contributed by atoms with Gasteiger partial charge in [0, 0.05) is 53.0 Å². The van der Waals surface area contributed by atoms with Gasteiger partial charge >= 0.3 is 0 Å². The molecule has 176 valence electrons. The highest BCUT2D eigenvalue weighted by Gasteiger charge is 2.25. The van der Waals surface area contributed by atoms with Crippen LogP contribution in [0.25, 0.3) is 16.9 Å². The number of halogens is 2. The second-order valence-electron chi connectivity index (χ2n) is 8.81. The lowest BCUT2D eigenvalue weighted by atomic mass is 10.0. The lowest BCUT2D eigenvalue weighted by molar-refractivity contribution is -0.0190. The third-order valence-electron chi connectivity index (χ3n) is 6.20. The third-order valence-corrected chi connectivity index (χ3v) is 7.48. The fourth-order valence-electron chi connectivity index (χ4n) is 4.51. The number of benzene rings is 2. The first-order chi connectivity index (χ1) is 16.5. The molecule has 1 aliphatic heterocycles. The number of hydrogen-bond acceptors (Lipinski definition) is 4. The van der Waals surface area contributed by atoms with Crippen LogP contribution in [0.3, 0.4) is 0 Å². The number of morpholine rings is 1. The molecule has 0 saturated carbocycles. The summed E-state index contributed by atoms with van der Waals surface area (Å²) in [6.07, 6.45) is 2.58. The predicted molar refractivity (Wildman–Crippen MR) is 137 cm³/mol. The Hall–Kier alpha value is -2.38. The Morgan fingerprint density at radius 2 is 2.00 bits per heavy atom. The number of likely N-dealkylation sites (N-methyl/N-ethyl adjacent to an activating group) is 1. The highest BCUT2D eigenvalue weighted by Crippen LogP contribution is 2.35. The highest BCUT2D eigenvalue weighted by molar-refractivity contribution is 7.98. The zero-order chi connectivity index (χ0) is 23.7. The van der Waals surface area contributed by atoms with Gasteiger partial charge in [0.15, 0.2) is 0 Å². The topological polar surface area (TPSA) is 29.8 Å². The van der Waals surface area contributed by atoms with Gasteiger partial charge in [-0.15, -0.1) is 11.8 Å². The first kappa shape index (κ1) is 23.4. The Labute approximate surface area is 208 Å². The molecule has 1 unspecified atom stereocenters. The summed E-state index contributed by atoms with van der Waals surface area (Å²) in [5, 5.41) is 0.606. The number of rotatable bonds is 6. The van der Waals surface area contributed by atoms with Gasteiger partial charge in [-0.05, 0) is 43.3 Å². The molecule has 2 aromatic heterocycles. The molecular weight excluding hydrogens is 469 g/mol. The SMILES string of the molecule is Cc1cc(SCc2ccccc2)cc(F)c1-c1nc2cc(Cl)ccn2c1CC1CN(C)CCO1. The van der Waals surface area contributed by atoms with E-state index in [9.17, 15) is 0 Å². The Bertz CT molecular complexity index is 1290. The molecule has 3 heterocycles. The van der Waals surface area contributed by atoms with Crippen molar-refractivity contribution in [3.8, 4) is 11.3 Å². The molecule has 7 heteroatoms. The van der Waals surface area contributed by atoms with E-state index in [1.165, 1.54) is 5.56 Å². The molecule has 0 amide bonds. The number of aromatic nitrogens is 2. The summed E-state index contributed by atoms with van der Waals surface area (Å²) >= 11 is 7.88. The van der Waals surface area contributed by atoms with Crippen molar-refractivity contribution in [2.24, 2.45) is 0 Å². The number of ether oxygens (including phenoxy) is 1. The average molecular weight is 496 g/mol. The number of imidazole rings is 1. The summed E-state index contributed by atoms with van der Waals surface area (Å²) < 4.78 is 23.7. The largest absolute Gasteiger partial charge is 0.375 e. The van der Waals surface area contributed by atoms with Gasteiger partial charge in [0.2, 0.25) is 0 Å². The van der Waals surface area contributed by atoms with Crippen molar-refractivity contribution in [2.75, 3.05) is 26.7 Å². The van der Waals surface area contributed by atoms with Gasteiger partial charge in [-0.1, -0.05) is 41.9 Å². The first-order valence-electron chi connectivity index (χ1n) is 11.4. The number of thioether (sulfide) groups is 1. The van der Waals surface area contributed by atoms with E-state index in [1.54, 1.807) is 17.8 Å². The second kappa shape index (κ2) is 10.1. The van der Waals surface area contributed by atoms with Gasteiger partial charge in [-0.3, -0.25) is 0 Å². The molecule has 0 spiro atoms.